The molecule has 58 heavy (non-hydrogen) atoms. The number of hydrogen-bond acceptors (Lipinski definition) is 3. The Kier molecular flexibility index (Phi) is 6.30. The maximum absolute atomic E-state index is 11.1. The van der Waals surface area contributed by atoms with Crippen molar-refractivity contribution in [2.45, 2.75) is 0 Å². The highest BCUT2D eigenvalue weighted by Gasteiger charge is 2.23. The lowest BCUT2D eigenvalue weighted by molar-refractivity contribution is 1.14. The zero-order chi connectivity index (χ0) is 38.2. The molecule has 0 fully saturated rings. The molecule has 4 heterocycles. The molecule has 0 radical (unpaired) electrons. The lowest BCUT2D eigenvalue weighted by atomic mass is 10.0. The van der Waals surface area contributed by atoms with Gasteiger partial charge in [-0.15, -0.1) is 22.7 Å². The highest BCUT2D eigenvalue weighted by molar-refractivity contribution is 7.26. The predicted octanol–water partition coefficient (Wildman–Crippen LogP) is 15.3. The molecule has 0 unspecified atom stereocenters. The van der Waals surface area contributed by atoms with Crippen LogP contribution in [0.5, 0.6) is 0 Å². The number of nitrogens with zero attached hydrogens (tertiary/aromatic N) is 4. The zero-order valence-electron chi connectivity index (χ0n) is 30.6. The number of benzene rings is 9. The summed E-state index contributed by atoms with van der Waals surface area (Å²) >= 11 is 3.64. The van der Waals surface area contributed by atoms with Gasteiger partial charge in [-0.2, -0.15) is 5.26 Å². The number of aromatic nitrogens is 2. The van der Waals surface area contributed by atoms with Crippen molar-refractivity contribution in [3.8, 4) is 17.4 Å². The molecule has 4 aromatic heterocycles. The van der Waals surface area contributed by atoms with Crippen molar-refractivity contribution >= 4 is 134 Å². The third-order valence-corrected chi connectivity index (χ3v) is 14.4. The van der Waals surface area contributed by atoms with Crippen LogP contribution in [0.25, 0.3) is 122 Å². The molecule has 0 aliphatic carbocycles. The van der Waals surface area contributed by atoms with Crippen LogP contribution in [0.15, 0.2) is 158 Å². The van der Waals surface area contributed by atoms with Crippen LogP contribution >= 0.6 is 22.7 Å². The van der Waals surface area contributed by atoms with Gasteiger partial charge in [-0.05, 0) is 82.2 Å². The van der Waals surface area contributed by atoms with E-state index in [1.165, 1.54) is 61.9 Å². The van der Waals surface area contributed by atoms with E-state index >= 15 is 0 Å². The minimum absolute atomic E-state index is 0.483. The molecule has 0 aliphatic heterocycles. The first-order valence-corrected chi connectivity index (χ1v) is 20.8. The van der Waals surface area contributed by atoms with Gasteiger partial charge < -0.3 is 9.13 Å². The topological polar surface area (TPSA) is 38.0 Å². The summed E-state index contributed by atoms with van der Waals surface area (Å²) in [6.45, 7) is 8.66. The SMILES string of the molecule is [C-]#[N+]c1cc(-n2c3ccccc3c3cc4sc5ccc6ccccc6c5c4cc32)c(C#N)cc1-n1c2ccccc2c2cc3sc4ccc5ccccc5c4c3cc21. The van der Waals surface area contributed by atoms with E-state index in [1.54, 1.807) is 0 Å². The van der Waals surface area contributed by atoms with Crippen LogP contribution < -0.4 is 0 Å². The molecule has 0 bridgehead atoms. The van der Waals surface area contributed by atoms with Crippen molar-refractivity contribution < 1.29 is 0 Å². The summed E-state index contributed by atoms with van der Waals surface area (Å²) in [4.78, 5) is 4.22. The van der Waals surface area contributed by atoms with E-state index < -0.39 is 0 Å². The minimum atomic E-state index is 0.483. The molecule has 0 spiro atoms. The predicted molar refractivity (Wildman–Crippen MR) is 247 cm³/mol. The molecule has 6 heteroatoms. The van der Waals surface area contributed by atoms with Crippen molar-refractivity contribution in [3.63, 3.8) is 0 Å². The zero-order valence-corrected chi connectivity index (χ0v) is 32.2. The van der Waals surface area contributed by atoms with Crippen LogP contribution in [0.4, 0.5) is 5.69 Å². The minimum Gasteiger partial charge on any atom is -0.319 e. The summed E-state index contributed by atoms with van der Waals surface area (Å²) in [6.07, 6.45) is 0. The van der Waals surface area contributed by atoms with Gasteiger partial charge >= 0.3 is 0 Å². The van der Waals surface area contributed by atoms with E-state index in [2.05, 4.69) is 166 Å². The van der Waals surface area contributed by atoms with Crippen molar-refractivity contribution in [2.24, 2.45) is 0 Å². The Bertz CT molecular complexity index is 3800. The highest BCUT2D eigenvalue weighted by atomic mass is 32.1. The number of thiophene rings is 2. The van der Waals surface area contributed by atoms with Crippen molar-refractivity contribution in [3.05, 3.63) is 175 Å². The van der Waals surface area contributed by atoms with E-state index in [-0.39, 0.29) is 0 Å². The molecule has 0 saturated heterocycles. The van der Waals surface area contributed by atoms with Gasteiger partial charge in [0.2, 0.25) is 5.69 Å². The second kappa shape index (κ2) is 11.5. The fraction of sp³-hybridized carbons (Fsp3) is 0. The molecule has 0 saturated carbocycles. The van der Waals surface area contributed by atoms with Gasteiger partial charge in [-0.25, -0.2) is 4.85 Å². The van der Waals surface area contributed by atoms with E-state index in [1.807, 2.05) is 34.8 Å². The maximum atomic E-state index is 11.1. The van der Waals surface area contributed by atoms with Gasteiger partial charge in [-0.1, -0.05) is 97.1 Å². The maximum Gasteiger partial charge on any atom is 0.212 e. The van der Waals surface area contributed by atoms with Crippen LogP contribution in [-0.2, 0) is 0 Å². The van der Waals surface area contributed by atoms with Crippen LogP contribution in [-0.4, -0.2) is 9.13 Å². The largest absolute Gasteiger partial charge is 0.319 e. The van der Waals surface area contributed by atoms with E-state index in [0.717, 1.165) is 43.6 Å². The third-order valence-electron chi connectivity index (χ3n) is 12.1. The third kappa shape index (κ3) is 4.15. The van der Waals surface area contributed by atoms with Crippen LogP contribution in [0.1, 0.15) is 5.56 Å². The second-order valence-electron chi connectivity index (χ2n) is 15.0. The second-order valence-corrected chi connectivity index (χ2v) is 17.2. The molecule has 0 N–H and O–H groups in total. The Morgan fingerprint density at radius 1 is 0.431 bits per heavy atom. The Morgan fingerprint density at radius 2 is 0.914 bits per heavy atom. The summed E-state index contributed by atoms with van der Waals surface area (Å²) < 4.78 is 9.37. The summed E-state index contributed by atoms with van der Waals surface area (Å²) in [5, 5.41) is 25.3. The molecule has 0 amide bonds. The van der Waals surface area contributed by atoms with Gasteiger partial charge in [0.05, 0.1) is 45.6 Å². The van der Waals surface area contributed by atoms with E-state index in [0.29, 0.717) is 22.6 Å². The fourth-order valence-electron chi connectivity index (χ4n) is 9.64. The number of hydrogen-bond donors (Lipinski definition) is 0. The fourth-order valence-corrected chi connectivity index (χ4v) is 11.9. The highest BCUT2D eigenvalue weighted by Crippen LogP contribution is 2.46. The molecular weight excluding hydrogens is 745 g/mol. The summed E-state index contributed by atoms with van der Waals surface area (Å²) in [6, 6.07) is 58.6. The summed E-state index contributed by atoms with van der Waals surface area (Å²) in [5.41, 5.74) is 6.41. The van der Waals surface area contributed by atoms with Crippen LogP contribution in [0, 0.1) is 17.9 Å². The Labute approximate surface area is 338 Å². The monoisotopic (exact) mass is 770 g/mol. The Balaban J connectivity index is 1.11. The smallest absolute Gasteiger partial charge is 0.212 e. The molecule has 0 atom stereocenters. The number of para-hydroxylation sites is 2. The first kappa shape index (κ1) is 31.7. The number of fused-ring (bicyclic) bond motifs is 16. The van der Waals surface area contributed by atoms with Crippen molar-refractivity contribution in [1.82, 2.24) is 9.13 Å². The lowest BCUT2D eigenvalue weighted by Crippen LogP contribution is -2.01. The Morgan fingerprint density at radius 3 is 1.43 bits per heavy atom. The first-order chi connectivity index (χ1) is 28.7. The molecule has 4 nitrogen and oxygen atoms in total. The van der Waals surface area contributed by atoms with Gasteiger partial charge in [0.15, 0.2) is 0 Å². The first-order valence-electron chi connectivity index (χ1n) is 19.2. The van der Waals surface area contributed by atoms with Gasteiger partial charge in [0.1, 0.15) is 6.07 Å². The van der Waals surface area contributed by atoms with Gasteiger partial charge in [0, 0.05) is 61.9 Å². The van der Waals surface area contributed by atoms with E-state index in [4.69, 9.17) is 6.57 Å². The molecule has 13 aromatic rings. The number of rotatable bonds is 2. The average Bonchev–Trinajstić information content (AvgIpc) is 4.01. The van der Waals surface area contributed by atoms with E-state index in [9.17, 15) is 5.26 Å². The summed E-state index contributed by atoms with van der Waals surface area (Å²) in [5.74, 6) is 0. The Hall–Kier alpha value is -7.48. The molecule has 266 valence electrons. The average molecular weight is 771 g/mol. The molecule has 9 aromatic carbocycles. The molecule has 0 aliphatic rings. The van der Waals surface area contributed by atoms with Crippen molar-refractivity contribution in [2.75, 3.05) is 0 Å². The van der Waals surface area contributed by atoms with Crippen LogP contribution in [0.2, 0.25) is 0 Å². The quantitative estimate of drug-likeness (QED) is 0.161. The van der Waals surface area contributed by atoms with Gasteiger partial charge in [0.25, 0.3) is 0 Å². The standard InChI is InChI=1S/C52H26N4S2/c1-54-40-27-43(55-41-16-8-6-14-34(41)36-25-49-38(23-44(36)55)51-32-12-4-2-10-29(32)18-20-47(51)57-49)31(28-53)22-46(40)56-42-17-9-7-15-35(42)37-26-50-39(24-45(37)56)52-33-13-5-3-11-30(33)19-21-48(52)58-50/h2-27H. The lowest BCUT2D eigenvalue weighted by Gasteiger charge is -2.16. The molecular formula is C52H26N4S2. The van der Waals surface area contributed by atoms with Crippen molar-refractivity contribution in [1.29, 1.82) is 5.26 Å². The molecule has 13 rings (SSSR count). The normalized spacial score (nSPS) is 12.1. The summed E-state index contributed by atoms with van der Waals surface area (Å²) in [7, 11) is 0. The van der Waals surface area contributed by atoms with Crippen LogP contribution in [0.3, 0.4) is 0 Å². The number of nitriles is 1. The van der Waals surface area contributed by atoms with Gasteiger partial charge in [-0.3, -0.25) is 0 Å².